The zero-order valence-electron chi connectivity index (χ0n) is 27.4. The summed E-state index contributed by atoms with van der Waals surface area (Å²) in [6, 6.07) is 14.9. The Balaban J connectivity index is 0.847. The first kappa shape index (κ1) is 30.9. The second-order valence-electron chi connectivity index (χ2n) is 14.2. The number of aryl methyl sites for hydroxylation is 1. The van der Waals surface area contributed by atoms with E-state index in [1.54, 1.807) is 17.2 Å². The van der Waals surface area contributed by atoms with Gasteiger partial charge in [-0.15, -0.1) is 0 Å². The van der Waals surface area contributed by atoms with Gasteiger partial charge in [0.25, 0.3) is 0 Å². The zero-order chi connectivity index (χ0) is 32.8. The molecular formula is C36H42N10O2. The maximum absolute atomic E-state index is 14.1. The lowest BCUT2D eigenvalue weighted by atomic mass is 9.77. The number of nitrogens with one attached hydrogen (secondary N) is 2. The summed E-state index contributed by atoms with van der Waals surface area (Å²) in [7, 11) is 1.86. The maximum Gasteiger partial charge on any atom is 0.237 e. The van der Waals surface area contributed by atoms with Gasteiger partial charge in [0.2, 0.25) is 11.8 Å². The molecule has 1 spiro atoms. The largest absolute Gasteiger partial charge is 0.339 e. The molecule has 5 atom stereocenters. The maximum atomic E-state index is 14.1. The minimum atomic E-state index is -0.372. The van der Waals surface area contributed by atoms with Crippen LogP contribution in [0, 0.1) is 22.7 Å². The number of nitriles is 1. The lowest BCUT2D eigenvalue weighted by molar-refractivity contribution is -0.139. The number of likely N-dealkylation sites (tertiary alicyclic amines) is 2. The minimum Gasteiger partial charge on any atom is -0.339 e. The van der Waals surface area contributed by atoms with E-state index in [0.29, 0.717) is 49.5 Å². The number of hydrogen-bond acceptors (Lipinski definition) is 9. The van der Waals surface area contributed by atoms with E-state index in [2.05, 4.69) is 72.1 Å². The van der Waals surface area contributed by atoms with E-state index in [-0.39, 0.29) is 29.3 Å². The van der Waals surface area contributed by atoms with E-state index in [1.165, 1.54) is 11.1 Å². The molecule has 12 heteroatoms. The molecule has 3 saturated heterocycles. The predicted molar refractivity (Wildman–Crippen MR) is 178 cm³/mol. The smallest absolute Gasteiger partial charge is 0.237 e. The van der Waals surface area contributed by atoms with Crippen LogP contribution in [0.25, 0.3) is 17.0 Å². The second-order valence-corrected chi connectivity index (χ2v) is 14.2. The first-order chi connectivity index (χ1) is 23.4. The minimum absolute atomic E-state index is 0.0567. The molecule has 0 radical (unpaired) electrons. The first-order valence-corrected chi connectivity index (χ1v) is 17.2. The van der Waals surface area contributed by atoms with Gasteiger partial charge in [0.05, 0.1) is 29.3 Å². The molecule has 5 aliphatic rings. The van der Waals surface area contributed by atoms with Gasteiger partial charge in [-0.05, 0) is 74.3 Å². The van der Waals surface area contributed by atoms with Crippen molar-refractivity contribution >= 4 is 17.4 Å². The topological polar surface area (TPSA) is 135 Å². The van der Waals surface area contributed by atoms with E-state index in [1.807, 2.05) is 24.1 Å². The molecule has 1 saturated carbocycles. The molecule has 2 N–H and O–H groups in total. The van der Waals surface area contributed by atoms with Gasteiger partial charge in [0, 0.05) is 57.1 Å². The van der Waals surface area contributed by atoms with Crippen molar-refractivity contribution < 1.29 is 9.59 Å². The lowest BCUT2D eigenvalue weighted by Crippen LogP contribution is -2.47. The van der Waals surface area contributed by atoms with E-state index in [0.717, 1.165) is 62.9 Å². The highest BCUT2D eigenvalue weighted by Crippen LogP contribution is 2.45. The van der Waals surface area contributed by atoms with Gasteiger partial charge in [0.1, 0.15) is 12.4 Å². The molecular weight excluding hydrogens is 604 g/mol. The lowest BCUT2D eigenvalue weighted by Gasteiger charge is -2.38. The van der Waals surface area contributed by atoms with Crippen LogP contribution >= 0.6 is 0 Å². The summed E-state index contributed by atoms with van der Waals surface area (Å²) >= 11 is 0. The van der Waals surface area contributed by atoms with Crippen molar-refractivity contribution in [2.45, 2.75) is 56.7 Å². The number of rotatable bonds is 6. The molecule has 12 nitrogen and oxygen atoms in total. The van der Waals surface area contributed by atoms with Crippen molar-refractivity contribution in [2.75, 3.05) is 39.3 Å². The molecule has 4 unspecified atom stereocenters. The summed E-state index contributed by atoms with van der Waals surface area (Å²) in [6.07, 6.45) is 10.9. The van der Waals surface area contributed by atoms with Gasteiger partial charge in [-0.25, -0.2) is 10.4 Å². The highest BCUT2D eigenvalue weighted by Gasteiger charge is 2.53. The molecule has 1 aromatic carbocycles. The van der Waals surface area contributed by atoms with Gasteiger partial charge in [-0.1, -0.05) is 30.3 Å². The summed E-state index contributed by atoms with van der Waals surface area (Å²) in [6.45, 7) is 3.92. The fraction of sp³-hybridized carbons (Fsp3) is 0.500. The second kappa shape index (κ2) is 12.5. The van der Waals surface area contributed by atoms with Crippen LogP contribution in [-0.4, -0.2) is 97.6 Å². The van der Waals surface area contributed by atoms with Gasteiger partial charge in [0.15, 0.2) is 5.82 Å². The molecule has 6 heterocycles. The van der Waals surface area contributed by atoms with E-state index in [9.17, 15) is 9.59 Å². The molecule has 0 bridgehead atoms. The Labute approximate surface area is 280 Å². The molecule has 1 aliphatic carbocycles. The number of hydrogen-bond donors (Lipinski definition) is 2. The van der Waals surface area contributed by atoms with Gasteiger partial charge >= 0.3 is 0 Å². The van der Waals surface area contributed by atoms with Gasteiger partial charge in [-0.2, -0.15) is 10.4 Å². The number of nitrogens with zero attached hydrogens (tertiary/aromatic N) is 8. The molecule has 248 valence electrons. The van der Waals surface area contributed by atoms with Gasteiger partial charge < -0.3 is 9.80 Å². The number of benzene rings is 1. The Morgan fingerprint density at radius 3 is 2.60 bits per heavy atom. The van der Waals surface area contributed by atoms with Crippen molar-refractivity contribution in [1.82, 2.24) is 45.3 Å². The molecule has 3 aromatic rings. The zero-order valence-corrected chi connectivity index (χ0v) is 27.4. The Bertz CT molecular complexity index is 1760. The molecule has 2 amide bonds. The third kappa shape index (κ3) is 5.70. The van der Waals surface area contributed by atoms with Crippen LogP contribution in [0.1, 0.15) is 61.4 Å². The van der Waals surface area contributed by atoms with Crippen LogP contribution in [0.15, 0.2) is 55.0 Å². The van der Waals surface area contributed by atoms with Crippen LogP contribution in [0.3, 0.4) is 0 Å². The highest BCUT2D eigenvalue weighted by atomic mass is 16.2. The number of pyridine rings is 1. The third-order valence-corrected chi connectivity index (χ3v) is 11.4. The molecule has 2 aromatic heterocycles. The number of hydrazine groups is 1. The van der Waals surface area contributed by atoms with Crippen LogP contribution < -0.4 is 10.9 Å². The van der Waals surface area contributed by atoms with E-state index >= 15 is 0 Å². The van der Waals surface area contributed by atoms with Crippen LogP contribution in [0.2, 0.25) is 0 Å². The van der Waals surface area contributed by atoms with Crippen LogP contribution in [0.5, 0.6) is 0 Å². The number of carbonyl (C=O) groups excluding carboxylic acids is 2. The van der Waals surface area contributed by atoms with E-state index < -0.39 is 0 Å². The number of carbonyl (C=O) groups is 2. The van der Waals surface area contributed by atoms with Crippen LogP contribution in [0.4, 0.5) is 0 Å². The Morgan fingerprint density at radius 2 is 1.88 bits per heavy atom. The Morgan fingerprint density at radius 1 is 1.04 bits per heavy atom. The van der Waals surface area contributed by atoms with Crippen molar-refractivity contribution in [2.24, 2.45) is 18.4 Å². The first-order valence-electron chi connectivity index (χ1n) is 17.2. The number of aromatic nitrogens is 4. The number of fused-ring (bicyclic) bond motifs is 1. The van der Waals surface area contributed by atoms with Crippen molar-refractivity contribution in [3.8, 4) is 17.5 Å². The average Bonchev–Trinajstić information content (AvgIpc) is 3.92. The number of amides is 2. The fourth-order valence-corrected chi connectivity index (χ4v) is 8.69. The van der Waals surface area contributed by atoms with E-state index in [4.69, 9.17) is 5.26 Å². The van der Waals surface area contributed by atoms with Crippen molar-refractivity contribution in [3.63, 3.8) is 0 Å². The predicted octanol–water partition coefficient (Wildman–Crippen LogP) is 2.68. The summed E-state index contributed by atoms with van der Waals surface area (Å²) < 4.78 is 1.70. The Hall–Kier alpha value is -4.44. The summed E-state index contributed by atoms with van der Waals surface area (Å²) in [4.78, 5) is 42.7. The van der Waals surface area contributed by atoms with Crippen LogP contribution in [-0.2, 0) is 16.6 Å². The highest BCUT2D eigenvalue weighted by molar-refractivity contribution is 5.86. The molecule has 4 fully saturated rings. The fourth-order valence-electron chi connectivity index (χ4n) is 8.69. The standard InChI is InChI=1S/C36H42N10O2/c1-43-23-39-34(42-43)27-5-3-25(4-6-27)26-10-14-45(15-11-26)32(47)21-44-16-12-36(22-44)13-17-46(35(36)48)28-7-9-30-29(18-28)33(41-40-30)31-8-2-24(19-37)20-38-31/h2-6,8,10,20,23,28-30,33,40-41H,7,9,11-18,21-22H2,1H3/t28?,29?,30?,33?,36-/m0/s1. The molecule has 48 heavy (non-hydrogen) atoms. The van der Waals surface area contributed by atoms with Crippen molar-refractivity contribution in [3.05, 3.63) is 71.8 Å². The SMILES string of the molecule is Cn1cnc(-c2ccc(C3=CCN(C(=O)CN4CC[C@]5(CCN(C6CCC7NNC(c8ccc(C#N)cn8)C7C6)C5=O)C4)CC3)cc2)n1. The quantitative estimate of drug-likeness (QED) is 0.415. The summed E-state index contributed by atoms with van der Waals surface area (Å²) in [5.74, 6) is 1.47. The Kier molecular flexibility index (Phi) is 8.06. The average molecular weight is 647 g/mol. The van der Waals surface area contributed by atoms with Crippen molar-refractivity contribution in [1.29, 1.82) is 5.26 Å². The monoisotopic (exact) mass is 646 g/mol. The van der Waals surface area contributed by atoms with Gasteiger partial charge in [-0.3, -0.25) is 29.6 Å². The summed E-state index contributed by atoms with van der Waals surface area (Å²) in [5, 5.41) is 13.5. The normalized spacial score (nSPS) is 28.9. The molecule has 4 aliphatic heterocycles. The summed E-state index contributed by atoms with van der Waals surface area (Å²) in [5.41, 5.74) is 11.4. The molecule has 8 rings (SSSR count). The third-order valence-electron chi connectivity index (χ3n) is 11.4.